The third kappa shape index (κ3) is 5.25. The standard InChI is InChI=1S/C24H23N5O5S/c1-14-10-22(31)27-24(25-14)29-20(13-16(28-29)19-6-5-9-35-19)26-21(30)8-7-15-11-17(32-2)23(34-4)18(12-15)33-3/h5-13H,1-4H3,(H,26,30)(H,25,27,31)/b8-7+. The number of aryl methyl sites for hydroxylation is 1. The van der Waals surface area contributed by atoms with Gasteiger partial charge < -0.3 is 19.5 Å². The first-order valence-corrected chi connectivity index (χ1v) is 11.3. The molecule has 2 N–H and O–H groups in total. The highest BCUT2D eigenvalue weighted by Crippen LogP contribution is 2.38. The van der Waals surface area contributed by atoms with Crippen LogP contribution in [0.25, 0.3) is 22.6 Å². The molecule has 4 rings (SSSR count). The van der Waals surface area contributed by atoms with Crippen molar-refractivity contribution >= 4 is 29.1 Å². The van der Waals surface area contributed by atoms with Crippen molar-refractivity contribution in [1.82, 2.24) is 19.7 Å². The molecule has 3 heterocycles. The Bertz CT molecular complexity index is 1410. The number of hydrogen-bond acceptors (Lipinski definition) is 8. The number of thiophene rings is 1. The molecule has 0 fully saturated rings. The second-order valence-electron chi connectivity index (χ2n) is 7.30. The number of carbonyl (C=O) groups is 1. The van der Waals surface area contributed by atoms with E-state index in [4.69, 9.17) is 14.2 Å². The smallest absolute Gasteiger partial charge is 0.252 e. The van der Waals surface area contributed by atoms with Crippen LogP contribution in [-0.2, 0) is 4.79 Å². The van der Waals surface area contributed by atoms with Gasteiger partial charge in [-0.15, -0.1) is 11.3 Å². The summed E-state index contributed by atoms with van der Waals surface area (Å²) in [6, 6.07) is 10.4. The highest BCUT2D eigenvalue weighted by Gasteiger charge is 2.16. The number of nitrogens with one attached hydrogen (secondary N) is 2. The zero-order valence-electron chi connectivity index (χ0n) is 19.5. The number of carbonyl (C=O) groups excluding carboxylic acids is 1. The maximum absolute atomic E-state index is 12.8. The van der Waals surface area contributed by atoms with Gasteiger partial charge in [0.25, 0.3) is 5.56 Å². The van der Waals surface area contributed by atoms with Crippen LogP contribution in [0.15, 0.2) is 52.6 Å². The van der Waals surface area contributed by atoms with Crippen LogP contribution in [0.4, 0.5) is 5.82 Å². The van der Waals surface area contributed by atoms with Crippen LogP contribution in [0.1, 0.15) is 11.3 Å². The zero-order valence-corrected chi connectivity index (χ0v) is 20.3. The zero-order chi connectivity index (χ0) is 24.9. The Morgan fingerprint density at radius 2 is 1.86 bits per heavy atom. The summed E-state index contributed by atoms with van der Waals surface area (Å²) in [4.78, 5) is 32.7. The second-order valence-corrected chi connectivity index (χ2v) is 8.24. The molecule has 0 radical (unpaired) electrons. The molecule has 0 aliphatic carbocycles. The van der Waals surface area contributed by atoms with Crippen molar-refractivity contribution in [3.63, 3.8) is 0 Å². The van der Waals surface area contributed by atoms with Gasteiger partial charge in [-0.1, -0.05) is 6.07 Å². The van der Waals surface area contributed by atoms with E-state index in [1.54, 1.807) is 31.2 Å². The molecule has 4 aromatic rings. The predicted molar refractivity (Wildman–Crippen MR) is 134 cm³/mol. The largest absolute Gasteiger partial charge is 0.493 e. The highest BCUT2D eigenvalue weighted by atomic mass is 32.1. The lowest BCUT2D eigenvalue weighted by Gasteiger charge is -2.12. The van der Waals surface area contributed by atoms with Gasteiger partial charge in [0.2, 0.25) is 17.6 Å². The molecule has 11 heteroatoms. The summed E-state index contributed by atoms with van der Waals surface area (Å²) in [6.45, 7) is 1.71. The number of aromatic amines is 1. The van der Waals surface area contributed by atoms with Crippen LogP contribution in [0.5, 0.6) is 17.2 Å². The molecule has 0 unspecified atom stereocenters. The van der Waals surface area contributed by atoms with Crippen LogP contribution in [-0.4, -0.2) is 47.0 Å². The Labute approximate surface area is 204 Å². The number of ether oxygens (including phenoxy) is 3. The lowest BCUT2D eigenvalue weighted by Crippen LogP contribution is -2.17. The van der Waals surface area contributed by atoms with Crippen molar-refractivity contribution in [2.75, 3.05) is 26.6 Å². The van der Waals surface area contributed by atoms with Gasteiger partial charge in [-0.05, 0) is 42.1 Å². The molecule has 180 valence electrons. The van der Waals surface area contributed by atoms with Gasteiger partial charge >= 0.3 is 0 Å². The minimum atomic E-state index is -0.410. The van der Waals surface area contributed by atoms with Crippen molar-refractivity contribution in [2.45, 2.75) is 6.92 Å². The lowest BCUT2D eigenvalue weighted by molar-refractivity contribution is -0.111. The number of benzene rings is 1. The maximum Gasteiger partial charge on any atom is 0.252 e. The molecule has 0 aliphatic rings. The molecule has 3 aromatic heterocycles. The van der Waals surface area contributed by atoms with E-state index in [1.807, 2.05) is 17.5 Å². The van der Waals surface area contributed by atoms with E-state index in [1.165, 1.54) is 49.5 Å². The monoisotopic (exact) mass is 493 g/mol. The second kappa shape index (κ2) is 10.3. The Kier molecular flexibility index (Phi) is 6.97. The van der Waals surface area contributed by atoms with Crippen LogP contribution in [0.3, 0.4) is 0 Å². The van der Waals surface area contributed by atoms with E-state index in [9.17, 15) is 9.59 Å². The number of amides is 1. The van der Waals surface area contributed by atoms with Crippen LogP contribution in [0.2, 0.25) is 0 Å². The molecule has 0 bridgehead atoms. The molecule has 0 saturated carbocycles. The Morgan fingerprint density at radius 3 is 2.46 bits per heavy atom. The summed E-state index contributed by atoms with van der Waals surface area (Å²) in [5.41, 5.74) is 1.51. The topological polar surface area (TPSA) is 120 Å². The normalized spacial score (nSPS) is 11.0. The minimum Gasteiger partial charge on any atom is -0.493 e. The molecular weight excluding hydrogens is 470 g/mol. The Hall–Kier alpha value is -4.38. The van der Waals surface area contributed by atoms with E-state index in [0.717, 1.165) is 4.88 Å². The summed E-state index contributed by atoms with van der Waals surface area (Å²) in [5.74, 6) is 1.54. The molecule has 10 nitrogen and oxygen atoms in total. The van der Waals surface area contributed by atoms with Gasteiger partial charge in [0.1, 0.15) is 11.5 Å². The van der Waals surface area contributed by atoms with Gasteiger partial charge in [-0.25, -0.2) is 4.98 Å². The molecule has 0 aliphatic heterocycles. The van der Waals surface area contributed by atoms with Crippen LogP contribution in [0, 0.1) is 6.92 Å². The number of anilines is 1. The van der Waals surface area contributed by atoms with Crippen molar-refractivity contribution in [3.8, 4) is 33.8 Å². The number of aromatic nitrogens is 4. The Morgan fingerprint density at radius 1 is 1.11 bits per heavy atom. The summed E-state index contributed by atoms with van der Waals surface area (Å²) >= 11 is 1.51. The van der Waals surface area contributed by atoms with E-state index < -0.39 is 5.91 Å². The number of nitrogens with zero attached hydrogens (tertiary/aromatic N) is 3. The van der Waals surface area contributed by atoms with Gasteiger partial charge in [0, 0.05) is 23.9 Å². The van der Waals surface area contributed by atoms with Gasteiger partial charge in [-0.2, -0.15) is 9.78 Å². The molecule has 0 saturated heterocycles. The fourth-order valence-corrected chi connectivity index (χ4v) is 4.06. The highest BCUT2D eigenvalue weighted by molar-refractivity contribution is 7.13. The number of rotatable bonds is 8. The maximum atomic E-state index is 12.8. The van der Waals surface area contributed by atoms with E-state index in [2.05, 4.69) is 20.4 Å². The first-order chi connectivity index (χ1) is 16.9. The molecule has 0 spiro atoms. The molecule has 0 atom stereocenters. The fraction of sp³-hybridized carbons (Fsp3) is 0.167. The first kappa shape index (κ1) is 23.8. The average molecular weight is 494 g/mol. The molecule has 35 heavy (non-hydrogen) atoms. The van der Waals surface area contributed by atoms with Crippen molar-refractivity contribution < 1.29 is 19.0 Å². The molecule has 1 amide bonds. The minimum absolute atomic E-state index is 0.196. The van der Waals surface area contributed by atoms with Crippen molar-refractivity contribution in [3.05, 3.63) is 69.5 Å². The van der Waals surface area contributed by atoms with Crippen molar-refractivity contribution in [2.24, 2.45) is 0 Å². The predicted octanol–water partition coefficient (Wildman–Crippen LogP) is 3.67. The van der Waals surface area contributed by atoms with Gasteiger partial charge in [0.05, 0.1) is 26.2 Å². The molecule has 1 aromatic carbocycles. The summed E-state index contributed by atoms with van der Waals surface area (Å²) in [6.07, 6.45) is 2.99. The quantitative estimate of drug-likeness (QED) is 0.359. The van der Waals surface area contributed by atoms with Gasteiger partial charge in [0.15, 0.2) is 11.5 Å². The first-order valence-electron chi connectivity index (χ1n) is 10.4. The van der Waals surface area contributed by atoms with E-state index in [0.29, 0.717) is 40.0 Å². The van der Waals surface area contributed by atoms with Crippen molar-refractivity contribution in [1.29, 1.82) is 0 Å². The summed E-state index contributed by atoms with van der Waals surface area (Å²) in [7, 11) is 4.56. The summed E-state index contributed by atoms with van der Waals surface area (Å²) < 4.78 is 17.4. The van der Waals surface area contributed by atoms with Crippen LogP contribution >= 0.6 is 11.3 Å². The average Bonchev–Trinajstić information content (AvgIpc) is 3.51. The third-order valence-corrected chi connectivity index (χ3v) is 5.80. The fourth-order valence-electron chi connectivity index (χ4n) is 3.38. The van der Waals surface area contributed by atoms with E-state index >= 15 is 0 Å². The molecular formula is C24H23N5O5S. The SMILES string of the molecule is COc1cc(/C=C/C(=O)Nc2cc(-c3cccs3)nn2-c2nc(C)cc(=O)[nH]2)cc(OC)c1OC. The number of H-pyrrole nitrogens is 1. The lowest BCUT2D eigenvalue weighted by atomic mass is 10.1. The van der Waals surface area contributed by atoms with Crippen LogP contribution < -0.4 is 25.1 Å². The third-order valence-electron chi connectivity index (χ3n) is 4.91. The Balaban J connectivity index is 1.65. The number of methoxy groups -OCH3 is 3. The summed E-state index contributed by atoms with van der Waals surface area (Å²) in [5, 5.41) is 9.29. The van der Waals surface area contributed by atoms with E-state index in [-0.39, 0.29) is 11.5 Å². The number of hydrogen-bond donors (Lipinski definition) is 2. The van der Waals surface area contributed by atoms with Gasteiger partial charge in [-0.3, -0.25) is 14.6 Å².